The van der Waals surface area contributed by atoms with Crippen molar-refractivity contribution in [3.05, 3.63) is 48.2 Å². The van der Waals surface area contributed by atoms with Gasteiger partial charge in [-0.15, -0.1) is 0 Å². The smallest absolute Gasteiger partial charge is 0.262 e. The molecule has 1 aliphatic heterocycles. The van der Waals surface area contributed by atoms with Gasteiger partial charge in [-0.25, -0.2) is 13.4 Å². The predicted octanol–water partition coefficient (Wildman–Crippen LogP) is 2.46. The van der Waals surface area contributed by atoms with Crippen LogP contribution in [0.25, 0.3) is 11.5 Å². The van der Waals surface area contributed by atoms with Crippen LogP contribution in [-0.4, -0.2) is 45.5 Å². The summed E-state index contributed by atoms with van der Waals surface area (Å²) in [6.45, 7) is 3.41. The second kappa shape index (κ2) is 7.24. The first kappa shape index (κ1) is 17.9. The minimum atomic E-state index is -3.54. The van der Waals surface area contributed by atoms with Crippen LogP contribution in [0.5, 0.6) is 0 Å². The highest BCUT2D eigenvalue weighted by molar-refractivity contribution is 7.89. The first-order valence-corrected chi connectivity index (χ1v) is 10.4. The van der Waals surface area contributed by atoms with Crippen LogP contribution in [0.4, 0.5) is 0 Å². The summed E-state index contributed by atoms with van der Waals surface area (Å²) in [4.78, 5) is 8.46. The van der Waals surface area contributed by atoms with Crippen molar-refractivity contribution >= 4 is 10.0 Å². The van der Waals surface area contributed by atoms with E-state index in [2.05, 4.69) is 15.1 Å². The van der Waals surface area contributed by atoms with Gasteiger partial charge in [-0.1, -0.05) is 29.3 Å². The molecule has 2 aromatic heterocycles. The molecule has 0 unspecified atom stereocenters. The van der Waals surface area contributed by atoms with Gasteiger partial charge < -0.3 is 9.09 Å². The molecule has 0 amide bonds. The van der Waals surface area contributed by atoms with Crippen molar-refractivity contribution in [3.63, 3.8) is 0 Å². The number of imidazole rings is 1. The number of hydrogen-bond acceptors (Lipinski definition) is 6. The fraction of sp³-hybridized carbons (Fsp3) is 0.389. The number of aromatic nitrogens is 4. The summed E-state index contributed by atoms with van der Waals surface area (Å²) in [5.41, 5.74) is 2.00. The average molecular weight is 387 g/mol. The molecular formula is C18H21N5O3S. The lowest BCUT2D eigenvalue weighted by atomic mass is 10.1. The molecule has 3 aromatic rings. The fourth-order valence-corrected chi connectivity index (χ4v) is 4.54. The molecular weight excluding hydrogens is 366 g/mol. The van der Waals surface area contributed by atoms with Crippen LogP contribution >= 0.6 is 0 Å². The molecule has 3 heterocycles. The molecule has 0 N–H and O–H groups in total. The summed E-state index contributed by atoms with van der Waals surface area (Å²) in [5, 5.41) is 4.04. The van der Waals surface area contributed by atoms with E-state index in [9.17, 15) is 8.42 Å². The van der Waals surface area contributed by atoms with Crippen LogP contribution in [0.3, 0.4) is 0 Å². The Morgan fingerprint density at radius 3 is 2.59 bits per heavy atom. The topological polar surface area (TPSA) is 94.1 Å². The molecule has 1 aromatic carbocycles. The van der Waals surface area contributed by atoms with Crippen molar-refractivity contribution in [2.24, 2.45) is 0 Å². The zero-order valence-corrected chi connectivity index (χ0v) is 15.9. The average Bonchev–Trinajstić information content (AvgIpc) is 3.34. The standard InChI is InChI=1S/C18H21N5O3S/c1-14-5-7-15(8-6-14)18-20-16(21-26-18)11-22-12-17(19-13-22)27(24,25)23-9-3-2-4-10-23/h5-8,12-13H,2-4,9-11H2,1H3. The number of benzene rings is 1. The number of aryl methyl sites for hydroxylation is 1. The zero-order valence-electron chi connectivity index (χ0n) is 15.1. The van der Waals surface area contributed by atoms with E-state index in [1.807, 2.05) is 31.2 Å². The molecule has 1 saturated heterocycles. The number of piperidine rings is 1. The Labute approximate surface area is 157 Å². The van der Waals surface area contributed by atoms with E-state index in [1.54, 1.807) is 4.57 Å². The first-order chi connectivity index (χ1) is 13.0. The predicted molar refractivity (Wildman–Crippen MR) is 98.4 cm³/mol. The van der Waals surface area contributed by atoms with E-state index in [4.69, 9.17) is 4.52 Å². The Morgan fingerprint density at radius 1 is 1.11 bits per heavy atom. The summed E-state index contributed by atoms with van der Waals surface area (Å²) in [7, 11) is -3.54. The third-order valence-corrected chi connectivity index (χ3v) is 6.40. The zero-order chi connectivity index (χ0) is 18.9. The summed E-state index contributed by atoms with van der Waals surface area (Å²) >= 11 is 0. The van der Waals surface area contributed by atoms with Gasteiger partial charge in [0.25, 0.3) is 15.9 Å². The van der Waals surface area contributed by atoms with Gasteiger partial charge in [0, 0.05) is 24.8 Å². The second-order valence-electron chi connectivity index (χ2n) is 6.73. The molecule has 0 saturated carbocycles. The SMILES string of the molecule is Cc1ccc(-c2nc(Cn3cnc(S(=O)(=O)N4CCCCC4)c3)no2)cc1. The summed E-state index contributed by atoms with van der Waals surface area (Å²) < 4.78 is 33.8. The van der Waals surface area contributed by atoms with Crippen LogP contribution in [0, 0.1) is 6.92 Å². The highest BCUT2D eigenvalue weighted by atomic mass is 32.2. The maximum Gasteiger partial charge on any atom is 0.262 e. The van der Waals surface area contributed by atoms with Gasteiger partial charge in [-0.2, -0.15) is 9.29 Å². The summed E-state index contributed by atoms with van der Waals surface area (Å²) in [5.74, 6) is 0.899. The van der Waals surface area contributed by atoms with Crippen LogP contribution in [0.15, 0.2) is 46.3 Å². The Morgan fingerprint density at radius 2 is 1.85 bits per heavy atom. The van der Waals surface area contributed by atoms with E-state index < -0.39 is 10.0 Å². The third-order valence-electron chi connectivity index (χ3n) is 4.62. The number of sulfonamides is 1. The molecule has 9 heteroatoms. The number of hydrogen-bond donors (Lipinski definition) is 0. The molecule has 1 aliphatic rings. The molecule has 8 nitrogen and oxygen atoms in total. The Bertz CT molecular complexity index is 1020. The molecule has 0 aliphatic carbocycles. The third kappa shape index (κ3) is 3.79. The minimum Gasteiger partial charge on any atom is -0.334 e. The van der Waals surface area contributed by atoms with Gasteiger partial charge in [0.2, 0.25) is 0 Å². The lowest BCUT2D eigenvalue weighted by molar-refractivity contribution is 0.345. The summed E-state index contributed by atoms with van der Waals surface area (Å²) in [6.07, 6.45) is 5.86. The Kier molecular flexibility index (Phi) is 4.79. The van der Waals surface area contributed by atoms with Crippen LogP contribution in [-0.2, 0) is 16.6 Å². The molecule has 27 heavy (non-hydrogen) atoms. The van der Waals surface area contributed by atoms with Crippen molar-refractivity contribution in [3.8, 4) is 11.5 Å². The van der Waals surface area contributed by atoms with Crippen molar-refractivity contribution < 1.29 is 12.9 Å². The summed E-state index contributed by atoms with van der Waals surface area (Å²) in [6, 6.07) is 7.81. The molecule has 0 atom stereocenters. The van der Waals surface area contributed by atoms with Crippen molar-refractivity contribution in [1.29, 1.82) is 0 Å². The quantitative estimate of drug-likeness (QED) is 0.667. The highest BCUT2D eigenvalue weighted by Crippen LogP contribution is 2.20. The van der Waals surface area contributed by atoms with Crippen molar-refractivity contribution in [2.75, 3.05) is 13.1 Å². The highest BCUT2D eigenvalue weighted by Gasteiger charge is 2.28. The Hall–Kier alpha value is -2.52. The maximum atomic E-state index is 12.7. The first-order valence-electron chi connectivity index (χ1n) is 8.94. The monoisotopic (exact) mass is 387 g/mol. The molecule has 4 rings (SSSR count). The van der Waals surface area contributed by atoms with E-state index in [0.29, 0.717) is 24.8 Å². The van der Waals surface area contributed by atoms with Gasteiger partial charge in [0.1, 0.15) is 0 Å². The molecule has 1 fully saturated rings. The van der Waals surface area contributed by atoms with E-state index >= 15 is 0 Å². The van der Waals surface area contributed by atoms with E-state index in [1.165, 1.54) is 16.8 Å². The van der Waals surface area contributed by atoms with Crippen LogP contribution < -0.4 is 0 Å². The molecule has 0 bridgehead atoms. The second-order valence-corrected chi connectivity index (χ2v) is 8.62. The van der Waals surface area contributed by atoms with Gasteiger partial charge in [0.05, 0.1) is 12.9 Å². The number of nitrogens with zero attached hydrogens (tertiary/aromatic N) is 5. The van der Waals surface area contributed by atoms with E-state index in [0.717, 1.165) is 30.4 Å². The largest absolute Gasteiger partial charge is 0.334 e. The van der Waals surface area contributed by atoms with Gasteiger partial charge in [-0.05, 0) is 31.9 Å². The van der Waals surface area contributed by atoms with Crippen molar-refractivity contribution in [1.82, 2.24) is 24.0 Å². The van der Waals surface area contributed by atoms with Gasteiger partial charge >= 0.3 is 0 Å². The van der Waals surface area contributed by atoms with Crippen LogP contribution in [0.1, 0.15) is 30.7 Å². The fourth-order valence-electron chi connectivity index (χ4n) is 3.09. The molecule has 142 valence electrons. The lowest BCUT2D eigenvalue weighted by Gasteiger charge is -2.24. The van der Waals surface area contributed by atoms with Crippen molar-refractivity contribution in [2.45, 2.75) is 37.8 Å². The Balaban J connectivity index is 1.49. The van der Waals surface area contributed by atoms with Gasteiger partial charge in [-0.3, -0.25) is 0 Å². The normalized spacial score (nSPS) is 15.9. The maximum absolute atomic E-state index is 12.7. The molecule has 0 spiro atoms. The van der Waals surface area contributed by atoms with Gasteiger partial charge in [0.15, 0.2) is 10.9 Å². The minimum absolute atomic E-state index is 0.0617. The number of rotatable bonds is 5. The van der Waals surface area contributed by atoms with E-state index in [-0.39, 0.29) is 11.6 Å². The van der Waals surface area contributed by atoms with Crippen LogP contribution in [0.2, 0.25) is 0 Å². The lowest BCUT2D eigenvalue weighted by Crippen LogP contribution is -2.35. The molecule has 0 radical (unpaired) electrons.